The fourth-order valence-corrected chi connectivity index (χ4v) is 2.01. The van der Waals surface area contributed by atoms with Crippen molar-refractivity contribution in [3.05, 3.63) is 24.0 Å². The lowest BCUT2D eigenvalue weighted by atomic mass is 10.3. The minimum Gasteiger partial charge on any atom is -0.388 e. The molecule has 2 atom stereocenters. The third-order valence-electron chi connectivity index (χ3n) is 2.93. The zero-order valence-corrected chi connectivity index (χ0v) is 9.54. The second-order valence-electron chi connectivity index (χ2n) is 4.28. The van der Waals surface area contributed by atoms with Gasteiger partial charge in [-0.25, -0.2) is 8.78 Å². The molecule has 1 amide bonds. The minimum absolute atomic E-state index is 0.0137. The number of rotatable bonds is 3. The maximum Gasteiger partial charge on any atom is 0.270 e. The normalized spacial score (nSPS) is 23.9. The van der Waals surface area contributed by atoms with Gasteiger partial charge in [0.05, 0.1) is 18.8 Å². The van der Waals surface area contributed by atoms with Crippen LogP contribution in [0.15, 0.2) is 18.3 Å². The fourth-order valence-electron chi connectivity index (χ4n) is 2.01. The molecule has 2 rings (SSSR count). The Bertz CT molecular complexity index is 426. The van der Waals surface area contributed by atoms with E-state index in [1.54, 1.807) is 0 Å². The summed E-state index contributed by atoms with van der Waals surface area (Å²) in [5.41, 5.74) is 0.136. The maximum absolute atomic E-state index is 12.3. The number of aliphatic hydroxyl groups is 2. The summed E-state index contributed by atoms with van der Waals surface area (Å²) in [6.45, 7) is -0.521. The van der Waals surface area contributed by atoms with Gasteiger partial charge < -0.3 is 19.7 Å². The van der Waals surface area contributed by atoms with Gasteiger partial charge in [0.15, 0.2) is 0 Å². The Kier molecular flexibility index (Phi) is 3.63. The summed E-state index contributed by atoms with van der Waals surface area (Å²) in [5, 5.41) is 18.7. The molecule has 0 aliphatic carbocycles. The molecule has 1 aromatic heterocycles. The summed E-state index contributed by atoms with van der Waals surface area (Å²) in [4.78, 5) is 13.3. The first kappa shape index (κ1) is 13.0. The largest absolute Gasteiger partial charge is 0.388 e. The van der Waals surface area contributed by atoms with E-state index in [2.05, 4.69) is 0 Å². The molecule has 0 aromatic carbocycles. The monoisotopic (exact) mass is 260 g/mol. The molecule has 0 saturated carbocycles. The van der Waals surface area contributed by atoms with Gasteiger partial charge in [-0.3, -0.25) is 4.79 Å². The first-order chi connectivity index (χ1) is 8.49. The lowest BCUT2D eigenvalue weighted by Crippen LogP contribution is -2.31. The lowest BCUT2D eigenvalue weighted by Gasteiger charge is -2.16. The van der Waals surface area contributed by atoms with E-state index in [9.17, 15) is 23.8 Å². The molecule has 7 heteroatoms. The van der Waals surface area contributed by atoms with Crippen molar-refractivity contribution >= 4 is 5.91 Å². The summed E-state index contributed by atoms with van der Waals surface area (Å²) >= 11 is 0. The van der Waals surface area contributed by atoms with Crippen LogP contribution in [0, 0.1) is 0 Å². The predicted octanol–water partition coefficient (Wildman–Crippen LogP) is -0.0692. The van der Waals surface area contributed by atoms with Crippen molar-refractivity contribution in [2.45, 2.75) is 25.2 Å². The molecule has 5 nitrogen and oxygen atoms in total. The van der Waals surface area contributed by atoms with E-state index in [1.807, 2.05) is 0 Å². The van der Waals surface area contributed by atoms with Crippen LogP contribution in [-0.4, -0.2) is 57.3 Å². The first-order valence-electron chi connectivity index (χ1n) is 5.57. The van der Waals surface area contributed by atoms with E-state index in [-0.39, 0.29) is 18.8 Å². The highest BCUT2D eigenvalue weighted by Gasteiger charge is 2.33. The molecule has 1 aliphatic heterocycles. The van der Waals surface area contributed by atoms with E-state index >= 15 is 0 Å². The first-order valence-corrected chi connectivity index (χ1v) is 5.57. The molecule has 2 heterocycles. The van der Waals surface area contributed by atoms with Gasteiger partial charge in [-0.05, 0) is 12.1 Å². The van der Waals surface area contributed by atoms with Crippen LogP contribution in [0.25, 0.3) is 0 Å². The topological polar surface area (TPSA) is 65.7 Å². The van der Waals surface area contributed by atoms with Crippen LogP contribution < -0.4 is 0 Å². The fraction of sp³-hybridized carbons (Fsp3) is 0.545. The quantitative estimate of drug-likeness (QED) is 0.799. The van der Waals surface area contributed by atoms with Crippen molar-refractivity contribution in [1.29, 1.82) is 0 Å². The number of amides is 1. The summed E-state index contributed by atoms with van der Waals surface area (Å²) in [6.07, 6.45) is -3.10. The van der Waals surface area contributed by atoms with Gasteiger partial charge >= 0.3 is 0 Å². The van der Waals surface area contributed by atoms with E-state index in [1.165, 1.54) is 27.8 Å². The van der Waals surface area contributed by atoms with Gasteiger partial charge in [0.25, 0.3) is 12.3 Å². The zero-order chi connectivity index (χ0) is 13.3. The maximum atomic E-state index is 12.3. The van der Waals surface area contributed by atoms with Crippen molar-refractivity contribution in [3.8, 4) is 0 Å². The Morgan fingerprint density at radius 3 is 2.56 bits per heavy atom. The molecule has 2 unspecified atom stereocenters. The van der Waals surface area contributed by atoms with Crippen molar-refractivity contribution in [2.75, 3.05) is 13.1 Å². The van der Waals surface area contributed by atoms with E-state index in [0.29, 0.717) is 0 Å². The highest BCUT2D eigenvalue weighted by Crippen LogP contribution is 2.15. The summed E-state index contributed by atoms with van der Waals surface area (Å²) < 4.78 is 25.8. The van der Waals surface area contributed by atoms with Crippen LogP contribution in [0.1, 0.15) is 10.5 Å². The Morgan fingerprint density at radius 1 is 1.39 bits per heavy atom. The molecule has 1 aromatic rings. The van der Waals surface area contributed by atoms with Crippen molar-refractivity contribution in [3.63, 3.8) is 0 Å². The smallest absolute Gasteiger partial charge is 0.270 e. The Hall–Kier alpha value is -1.47. The Balaban J connectivity index is 2.12. The molecule has 0 spiro atoms. The number of aromatic nitrogens is 1. The summed E-state index contributed by atoms with van der Waals surface area (Å²) in [5.74, 6) is -0.462. The number of aliphatic hydroxyl groups excluding tert-OH is 2. The van der Waals surface area contributed by atoms with Crippen LogP contribution in [0.4, 0.5) is 8.78 Å². The molecule has 1 aliphatic rings. The number of carbonyl (C=O) groups excluding carboxylic acids is 1. The van der Waals surface area contributed by atoms with Gasteiger partial charge in [0.2, 0.25) is 0 Å². The second-order valence-corrected chi connectivity index (χ2v) is 4.28. The SMILES string of the molecule is O=C(c1cccn1CC(F)F)N1CC(O)C(O)C1. The highest BCUT2D eigenvalue weighted by molar-refractivity contribution is 5.93. The highest BCUT2D eigenvalue weighted by atomic mass is 19.3. The van der Waals surface area contributed by atoms with E-state index < -0.39 is 31.1 Å². The molecule has 100 valence electrons. The van der Waals surface area contributed by atoms with Crippen LogP contribution in [0.3, 0.4) is 0 Å². The van der Waals surface area contributed by atoms with Gasteiger partial charge in [-0.1, -0.05) is 0 Å². The number of carbonyl (C=O) groups is 1. The Morgan fingerprint density at radius 2 is 2.00 bits per heavy atom. The average molecular weight is 260 g/mol. The van der Waals surface area contributed by atoms with Crippen LogP contribution in [0.5, 0.6) is 0 Å². The zero-order valence-electron chi connectivity index (χ0n) is 9.54. The summed E-state index contributed by atoms with van der Waals surface area (Å²) in [7, 11) is 0. The van der Waals surface area contributed by atoms with Gasteiger partial charge in [-0.2, -0.15) is 0 Å². The number of alkyl halides is 2. The molecule has 0 bridgehead atoms. The second kappa shape index (κ2) is 5.03. The molecule has 1 fully saturated rings. The van der Waals surface area contributed by atoms with E-state index in [0.717, 1.165) is 0 Å². The molecule has 0 radical (unpaired) electrons. The number of nitrogens with zero attached hydrogens (tertiary/aromatic N) is 2. The minimum atomic E-state index is -2.54. The predicted molar refractivity (Wildman–Crippen MR) is 58.4 cm³/mol. The van der Waals surface area contributed by atoms with Gasteiger partial charge in [0, 0.05) is 19.3 Å². The molecule has 1 saturated heterocycles. The number of likely N-dealkylation sites (tertiary alicyclic amines) is 1. The van der Waals surface area contributed by atoms with Gasteiger partial charge in [0.1, 0.15) is 5.69 Å². The van der Waals surface area contributed by atoms with Crippen LogP contribution in [-0.2, 0) is 6.54 Å². The van der Waals surface area contributed by atoms with Gasteiger partial charge in [-0.15, -0.1) is 0 Å². The number of hydrogen-bond donors (Lipinski definition) is 2. The third-order valence-corrected chi connectivity index (χ3v) is 2.93. The molecule has 2 N–H and O–H groups in total. The number of hydrogen-bond acceptors (Lipinski definition) is 3. The van der Waals surface area contributed by atoms with Crippen LogP contribution >= 0.6 is 0 Å². The van der Waals surface area contributed by atoms with Crippen LogP contribution in [0.2, 0.25) is 0 Å². The van der Waals surface area contributed by atoms with Crippen molar-refractivity contribution in [1.82, 2.24) is 9.47 Å². The average Bonchev–Trinajstić information content (AvgIpc) is 2.85. The standard InChI is InChI=1S/C11H14F2N2O3/c12-10(13)6-14-3-1-2-7(14)11(18)15-4-8(16)9(17)5-15/h1-3,8-10,16-17H,4-6H2. The number of β-amino-alcohol motifs (C(OH)–C–C–N with tert-alkyl or cyclic N) is 2. The number of halogens is 2. The van der Waals surface area contributed by atoms with Crippen molar-refractivity contribution in [2.24, 2.45) is 0 Å². The summed E-state index contributed by atoms with van der Waals surface area (Å²) in [6, 6.07) is 2.96. The Labute approximate surface area is 102 Å². The van der Waals surface area contributed by atoms with Crippen molar-refractivity contribution < 1.29 is 23.8 Å². The molecular weight excluding hydrogens is 246 g/mol. The van der Waals surface area contributed by atoms with E-state index in [4.69, 9.17) is 0 Å². The molecule has 18 heavy (non-hydrogen) atoms. The lowest BCUT2D eigenvalue weighted by molar-refractivity contribution is 0.0572. The molecular formula is C11H14F2N2O3. The third kappa shape index (κ3) is 2.51.